The normalized spacial score (nSPS) is 11.9. The Morgan fingerprint density at radius 3 is 2.79 bits per heavy atom. The molecule has 0 spiro atoms. The van der Waals surface area contributed by atoms with E-state index in [1.165, 1.54) is 7.11 Å². The van der Waals surface area contributed by atoms with Crippen molar-refractivity contribution in [3.05, 3.63) is 33.6 Å². The minimum atomic E-state index is -0.897. The number of hydrogen-bond acceptors (Lipinski definition) is 5. The first-order valence-electron chi connectivity index (χ1n) is 5.41. The Kier molecular flexibility index (Phi) is 4.76. The summed E-state index contributed by atoms with van der Waals surface area (Å²) in [6, 6.07) is 1.53. The Labute approximate surface area is 108 Å². The number of ether oxygens (including phenoxy) is 1. The molecule has 0 saturated carbocycles. The van der Waals surface area contributed by atoms with Gasteiger partial charge in [-0.05, 0) is 13.0 Å². The summed E-state index contributed by atoms with van der Waals surface area (Å²) in [6.07, 6.45) is -0.242. The van der Waals surface area contributed by atoms with Crippen LogP contribution in [0, 0.1) is 15.9 Å². The van der Waals surface area contributed by atoms with Crippen LogP contribution in [-0.4, -0.2) is 30.6 Å². The predicted octanol–water partition coefficient (Wildman–Crippen LogP) is 1.08. The Hall–Kier alpha value is -2.22. The first-order valence-corrected chi connectivity index (χ1v) is 5.41. The number of nitro groups is 1. The highest BCUT2D eigenvalue weighted by atomic mass is 19.1. The van der Waals surface area contributed by atoms with E-state index in [-0.39, 0.29) is 23.9 Å². The maximum absolute atomic E-state index is 13.2. The molecule has 0 radical (unpaired) electrons. The molecule has 0 fully saturated rings. The molecule has 0 aliphatic carbocycles. The Morgan fingerprint density at radius 2 is 2.26 bits per heavy atom. The van der Waals surface area contributed by atoms with E-state index in [4.69, 9.17) is 10.5 Å². The van der Waals surface area contributed by atoms with E-state index >= 15 is 0 Å². The zero-order valence-electron chi connectivity index (χ0n) is 10.5. The molecule has 3 N–H and O–H groups in total. The van der Waals surface area contributed by atoms with Crippen molar-refractivity contribution >= 4 is 17.3 Å². The number of nitrogens with zero attached hydrogens (tertiary/aromatic N) is 1. The van der Waals surface area contributed by atoms with Gasteiger partial charge in [-0.25, -0.2) is 4.39 Å². The standard InChI is InChI=1S/C11H14FN3O4/c1-6(19-2)5-14-11(16)8-3-7(12)4-9(10(8)13)15(17)18/h3-4,6H,5,13H2,1-2H3,(H,14,16). The Morgan fingerprint density at radius 1 is 1.63 bits per heavy atom. The quantitative estimate of drug-likeness (QED) is 0.473. The van der Waals surface area contributed by atoms with E-state index in [1.54, 1.807) is 6.92 Å². The molecule has 19 heavy (non-hydrogen) atoms. The van der Waals surface area contributed by atoms with Crippen molar-refractivity contribution in [2.24, 2.45) is 0 Å². The molecule has 0 heterocycles. The summed E-state index contributed by atoms with van der Waals surface area (Å²) < 4.78 is 18.2. The van der Waals surface area contributed by atoms with Gasteiger partial charge in [-0.2, -0.15) is 0 Å². The van der Waals surface area contributed by atoms with Crippen LogP contribution in [0.1, 0.15) is 17.3 Å². The lowest BCUT2D eigenvalue weighted by Crippen LogP contribution is -2.32. The summed E-state index contributed by atoms with van der Waals surface area (Å²) in [7, 11) is 1.47. The van der Waals surface area contributed by atoms with Crippen LogP contribution in [0.15, 0.2) is 12.1 Å². The highest BCUT2D eigenvalue weighted by Crippen LogP contribution is 2.26. The van der Waals surface area contributed by atoms with Gasteiger partial charge in [0.25, 0.3) is 11.6 Å². The van der Waals surface area contributed by atoms with E-state index < -0.39 is 22.3 Å². The van der Waals surface area contributed by atoms with E-state index in [2.05, 4.69) is 5.32 Å². The lowest BCUT2D eigenvalue weighted by Gasteiger charge is -2.12. The van der Waals surface area contributed by atoms with Crippen LogP contribution in [0.25, 0.3) is 0 Å². The number of nitrogens with two attached hydrogens (primary N) is 1. The second-order valence-corrected chi connectivity index (χ2v) is 3.90. The second-order valence-electron chi connectivity index (χ2n) is 3.90. The molecule has 1 aromatic carbocycles. The molecule has 8 heteroatoms. The SMILES string of the molecule is COC(C)CNC(=O)c1cc(F)cc([N+](=O)[O-])c1N. The molecule has 0 aliphatic rings. The number of nitro benzene ring substituents is 1. The second kappa shape index (κ2) is 6.10. The van der Waals surface area contributed by atoms with Gasteiger partial charge in [0.2, 0.25) is 0 Å². The number of benzene rings is 1. The van der Waals surface area contributed by atoms with Gasteiger partial charge >= 0.3 is 0 Å². The summed E-state index contributed by atoms with van der Waals surface area (Å²) in [6.45, 7) is 1.90. The van der Waals surface area contributed by atoms with Crippen LogP contribution < -0.4 is 11.1 Å². The fraction of sp³-hybridized carbons (Fsp3) is 0.364. The molecule has 0 saturated heterocycles. The minimum absolute atomic E-state index is 0.180. The maximum atomic E-state index is 13.2. The average molecular weight is 271 g/mol. The predicted molar refractivity (Wildman–Crippen MR) is 66.3 cm³/mol. The van der Waals surface area contributed by atoms with Crippen molar-refractivity contribution < 1.29 is 18.8 Å². The van der Waals surface area contributed by atoms with Crippen LogP contribution in [0.4, 0.5) is 15.8 Å². The maximum Gasteiger partial charge on any atom is 0.295 e. The molecule has 0 aromatic heterocycles. The summed E-state index contributed by atoms with van der Waals surface area (Å²) >= 11 is 0. The molecule has 1 rings (SSSR count). The number of carbonyl (C=O) groups is 1. The van der Waals surface area contributed by atoms with Crippen molar-refractivity contribution in [1.82, 2.24) is 5.32 Å². The molecule has 1 atom stereocenters. The van der Waals surface area contributed by atoms with Crippen molar-refractivity contribution in [3.63, 3.8) is 0 Å². The van der Waals surface area contributed by atoms with Crippen LogP contribution in [0.5, 0.6) is 0 Å². The highest BCUT2D eigenvalue weighted by molar-refractivity contribution is 6.01. The van der Waals surface area contributed by atoms with E-state index in [9.17, 15) is 19.3 Å². The van der Waals surface area contributed by atoms with Crippen molar-refractivity contribution in [3.8, 4) is 0 Å². The van der Waals surface area contributed by atoms with E-state index in [1.807, 2.05) is 0 Å². The van der Waals surface area contributed by atoms with Gasteiger partial charge in [0.15, 0.2) is 0 Å². The number of carbonyl (C=O) groups excluding carboxylic acids is 1. The molecule has 104 valence electrons. The number of rotatable bonds is 5. The van der Waals surface area contributed by atoms with Gasteiger partial charge in [-0.3, -0.25) is 14.9 Å². The number of halogens is 1. The lowest BCUT2D eigenvalue weighted by molar-refractivity contribution is -0.384. The van der Waals surface area contributed by atoms with E-state index in [0.29, 0.717) is 6.07 Å². The van der Waals surface area contributed by atoms with Gasteiger partial charge in [0.05, 0.1) is 22.7 Å². The van der Waals surface area contributed by atoms with Crippen LogP contribution >= 0.6 is 0 Å². The Balaban J connectivity index is 3.00. The summed E-state index contributed by atoms with van der Waals surface area (Å²) in [4.78, 5) is 21.6. The zero-order valence-corrected chi connectivity index (χ0v) is 10.5. The van der Waals surface area contributed by atoms with Crippen molar-refractivity contribution in [2.45, 2.75) is 13.0 Å². The number of amides is 1. The number of methoxy groups -OCH3 is 1. The molecule has 0 aliphatic heterocycles. The van der Waals surface area contributed by atoms with Gasteiger partial charge in [-0.1, -0.05) is 0 Å². The summed E-state index contributed by atoms with van der Waals surface area (Å²) in [5.41, 5.74) is 4.22. The molecule has 7 nitrogen and oxygen atoms in total. The molecule has 1 amide bonds. The zero-order chi connectivity index (χ0) is 14.6. The minimum Gasteiger partial charge on any atom is -0.393 e. The monoisotopic (exact) mass is 271 g/mol. The number of nitrogen functional groups attached to an aromatic ring is 1. The third-order valence-electron chi connectivity index (χ3n) is 2.52. The molecule has 1 aromatic rings. The summed E-state index contributed by atoms with van der Waals surface area (Å²) in [5.74, 6) is -1.59. The smallest absolute Gasteiger partial charge is 0.295 e. The van der Waals surface area contributed by atoms with Crippen LogP contribution in [0.2, 0.25) is 0 Å². The largest absolute Gasteiger partial charge is 0.393 e. The van der Waals surface area contributed by atoms with Gasteiger partial charge < -0.3 is 15.8 Å². The molecule has 0 bridgehead atoms. The summed E-state index contributed by atoms with van der Waals surface area (Å²) in [5, 5.41) is 13.1. The molecular formula is C11H14FN3O4. The van der Waals surface area contributed by atoms with Crippen molar-refractivity contribution in [1.29, 1.82) is 0 Å². The third-order valence-corrected chi connectivity index (χ3v) is 2.52. The molecular weight excluding hydrogens is 257 g/mol. The lowest BCUT2D eigenvalue weighted by atomic mass is 10.1. The highest BCUT2D eigenvalue weighted by Gasteiger charge is 2.21. The van der Waals surface area contributed by atoms with Crippen LogP contribution in [0.3, 0.4) is 0 Å². The number of anilines is 1. The van der Waals surface area contributed by atoms with Gasteiger partial charge in [0, 0.05) is 13.7 Å². The topological polar surface area (TPSA) is 107 Å². The van der Waals surface area contributed by atoms with E-state index in [0.717, 1.165) is 6.07 Å². The number of hydrogen-bond donors (Lipinski definition) is 2. The van der Waals surface area contributed by atoms with Crippen LogP contribution in [-0.2, 0) is 4.74 Å². The Bertz CT molecular complexity index is 507. The third kappa shape index (κ3) is 3.62. The first kappa shape index (κ1) is 14.8. The molecule has 1 unspecified atom stereocenters. The number of nitrogens with one attached hydrogen (secondary N) is 1. The van der Waals surface area contributed by atoms with Gasteiger partial charge in [-0.15, -0.1) is 0 Å². The van der Waals surface area contributed by atoms with Gasteiger partial charge in [0.1, 0.15) is 11.5 Å². The fourth-order valence-corrected chi connectivity index (χ4v) is 1.36. The fourth-order valence-electron chi connectivity index (χ4n) is 1.36. The first-order chi connectivity index (χ1) is 8.86. The van der Waals surface area contributed by atoms with Crippen molar-refractivity contribution in [2.75, 3.05) is 19.4 Å². The average Bonchev–Trinajstić information content (AvgIpc) is 2.37.